The molecule has 20 heavy (non-hydrogen) atoms. The second kappa shape index (κ2) is 8.28. The van der Waals surface area contributed by atoms with Crippen molar-refractivity contribution in [3.05, 3.63) is 35.9 Å². The van der Waals surface area contributed by atoms with Crippen molar-refractivity contribution in [3.63, 3.8) is 0 Å². The molecule has 112 valence electrons. The molecule has 3 N–H and O–H groups in total. The number of carbonyl (C=O) groups is 1. The number of hydrogen-bond acceptors (Lipinski definition) is 2. The molecule has 0 aromatic heterocycles. The second-order valence-electron chi connectivity index (χ2n) is 5.54. The second-order valence-corrected chi connectivity index (χ2v) is 5.54. The predicted octanol–water partition coefficient (Wildman–Crippen LogP) is 2.67. The number of halogens is 1. The summed E-state index contributed by atoms with van der Waals surface area (Å²) in [4.78, 5) is 12.0. The number of amides is 1. The molecule has 2 unspecified atom stereocenters. The van der Waals surface area contributed by atoms with Gasteiger partial charge in [0, 0.05) is 6.04 Å². The van der Waals surface area contributed by atoms with Gasteiger partial charge < -0.3 is 11.1 Å². The number of hydrogen-bond donors (Lipinski definition) is 2. The van der Waals surface area contributed by atoms with Gasteiger partial charge in [-0.05, 0) is 37.2 Å². The zero-order chi connectivity index (χ0) is 13.7. The van der Waals surface area contributed by atoms with Crippen molar-refractivity contribution in [1.82, 2.24) is 5.32 Å². The summed E-state index contributed by atoms with van der Waals surface area (Å²) in [7, 11) is 0. The van der Waals surface area contributed by atoms with Gasteiger partial charge in [-0.3, -0.25) is 4.79 Å². The molecule has 1 amide bonds. The van der Waals surface area contributed by atoms with Crippen molar-refractivity contribution in [2.75, 3.05) is 0 Å². The third-order valence-electron chi connectivity index (χ3n) is 3.75. The van der Waals surface area contributed by atoms with E-state index >= 15 is 0 Å². The highest BCUT2D eigenvalue weighted by atomic mass is 35.5. The zero-order valence-electron chi connectivity index (χ0n) is 12.0. The Morgan fingerprint density at radius 2 is 2.00 bits per heavy atom. The molecule has 1 aromatic carbocycles. The largest absolute Gasteiger partial charge is 0.351 e. The van der Waals surface area contributed by atoms with Crippen LogP contribution < -0.4 is 11.1 Å². The van der Waals surface area contributed by atoms with Crippen LogP contribution in [0.25, 0.3) is 0 Å². The summed E-state index contributed by atoms with van der Waals surface area (Å²) in [5, 5.41) is 3.15. The van der Waals surface area contributed by atoms with Crippen LogP contribution in [0, 0.1) is 5.92 Å². The normalized spacial score (nSPS) is 16.9. The fourth-order valence-electron chi connectivity index (χ4n) is 2.43. The highest BCUT2D eigenvalue weighted by Gasteiger charge is 2.32. The average molecular weight is 297 g/mol. The van der Waals surface area contributed by atoms with Crippen LogP contribution in [0.1, 0.15) is 38.2 Å². The van der Waals surface area contributed by atoms with Gasteiger partial charge >= 0.3 is 0 Å². The number of benzene rings is 1. The lowest BCUT2D eigenvalue weighted by atomic mass is 10.0. The summed E-state index contributed by atoms with van der Waals surface area (Å²) in [6.07, 6.45) is 5.06. The van der Waals surface area contributed by atoms with Gasteiger partial charge in [-0.15, -0.1) is 12.4 Å². The van der Waals surface area contributed by atoms with Gasteiger partial charge in [0.05, 0.1) is 6.04 Å². The summed E-state index contributed by atoms with van der Waals surface area (Å²) >= 11 is 0. The molecule has 1 aliphatic rings. The van der Waals surface area contributed by atoms with E-state index in [9.17, 15) is 4.79 Å². The van der Waals surface area contributed by atoms with Gasteiger partial charge in [0.15, 0.2) is 0 Å². The Hall–Kier alpha value is -1.06. The molecule has 2 atom stereocenters. The Kier molecular flexibility index (Phi) is 7.03. The maximum atomic E-state index is 12.0. The third kappa shape index (κ3) is 5.14. The number of rotatable bonds is 7. The standard InChI is InChI=1S/C16H24N2O.ClH/c1-2-6-14(17)16(19)18-15(13-9-10-13)11-12-7-4-3-5-8-12;/h3-5,7-8,13-15H,2,6,9-11,17H2,1H3,(H,18,19);1H. The molecule has 3 nitrogen and oxygen atoms in total. The molecule has 1 aromatic rings. The molecule has 0 bridgehead atoms. The van der Waals surface area contributed by atoms with Crippen molar-refractivity contribution in [2.24, 2.45) is 11.7 Å². The molecule has 0 radical (unpaired) electrons. The monoisotopic (exact) mass is 296 g/mol. The Balaban J connectivity index is 0.00000200. The van der Waals surface area contributed by atoms with E-state index in [0.717, 1.165) is 19.3 Å². The third-order valence-corrected chi connectivity index (χ3v) is 3.75. The minimum Gasteiger partial charge on any atom is -0.351 e. The summed E-state index contributed by atoms with van der Waals surface area (Å²) in [6.45, 7) is 2.05. The van der Waals surface area contributed by atoms with Crippen LogP contribution in [-0.4, -0.2) is 18.0 Å². The quantitative estimate of drug-likeness (QED) is 0.813. The van der Waals surface area contributed by atoms with Crippen molar-refractivity contribution in [1.29, 1.82) is 0 Å². The molecule has 0 heterocycles. The van der Waals surface area contributed by atoms with Crippen LogP contribution >= 0.6 is 12.4 Å². The Morgan fingerprint density at radius 3 is 2.55 bits per heavy atom. The predicted molar refractivity (Wildman–Crippen MR) is 84.9 cm³/mol. The van der Waals surface area contributed by atoms with Crippen molar-refractivity contribution in [3.8, 4) is 0 Å². The first-order valence-electron chi connectivity index (χ1n) is 7.30. The minimum absolute atomic E-state index is 0. The minimum atomic E-state index is -0.359. The molecule has 2 rings (SSSR count). The van der Waals surface area contributed by atoms with E-state index in [1.807, 2.05) is 18.2 Å². The average Bonchev–Trinajstić information content (AvgIpc) is 3.23. The lowest BCUT2D eigenvalue weighted by Crippen LogP contribution is -2.47. The van der Waals surface area contributed by atoms with Gasteiger partial charge in [-0.25, -0.2) is 0 Å². The van der Waals surface area contributed by atoms with Crippen LogP contribution in [-0.2, 0) is 11.2 Å². The maximum absolute atomic E-state index is 12.0. The highest BCUT2D eigenvalue weighted by molar-refractivity contribution is 5.85. The van der Waals surface area contributed by atoms with Gasteiger partial charge in [-0.1, -0.05) is 43.7 Å². The molecule has 0 aliphatic heterocycles. The number of nitrogens with two attached hydrogens (primary N) is 1. The maximum Gasteiger partial charge on any atom is 0.237 e. The summed E-state index contributed by atoms with van der Waals surface area (Å²) in [5.41, 5.74) is 7.16. The van der Waals surface area contributed by atoms with E-state index in [0.29, 0.717) is 5.92 Å². The Bertz CT molecular complexity index is 406. The number of carbonyl (C=O) groups excluding carboxylic acids is 1. The van der Waals surface area contributed by atoms with Crippen LogP contribution in [0.4, 0.5) is 0 Å². The first kappa shape index (κ1) is 17.0. The summed E-state index contributed by atoms with van der Waals surface area (Å²) < 4.78 is 0. The van der Waals surface area contributed by atoms with Gasteiger partial charge in [0.1, 0.15) is 0 Å². The molecule has 1 saturated carbocycles. The number of nitrogens with one attached hydrogen (secondary N) is 1. The van der Waals surface area contributed by atoms with Crippen molar-refractivity contribution >= 4 is 18.3 Å². The topological polar surface area (TPSA) is 55.1 Å². The zero-order valence-corrected chi connectivity index (χ0v) is 12.9. The summed E-state index contributed by atoms with van der Waals surface area (Å²) in [6, 6.07) is 10.2. The molecular weight excluding hydrogens is 272 g/mol. The molecule has 0 spiro atoms. The molecule has 1 aliphatic carbocycles. The fourth-order valence-corrected chi connectivity index (χ4v) is 2.43. The van der Waals surface area contributed by atoms with E-state index in [1.165, 1.54) is 18.4 Å². The summed E-state index contributed by atoms with van der Waals surface area (Å²) in [5.74, 6) is 0.646. The Labute approximate surface area is 127 Å². The van der Waals surface area contributed by atoms with Crippen LogP contribution in [0.5, 0.6) is 0 Å². The Morgan fingerprint density at radius 1 is 1.35 bits per heavy atom. The fraction of sp³-hybridized carbons (Fsp3) is 0.562. The van der Waals surface area contributed by atoms with Crippen molar-refractivity contribution < 1.29 is 4.79 Å². The highest BCUT2D eigenvalue weighted by Crippen LogP contribution is 2.34. The molecular formula is C16H25ClN2O. The smallest absolute Gasteiger partial charge is 0.237 e. The van der Waals surface area contributed by atoms with Crippen LogP contribution in [0.3, 0.4) is 0 Å². The molecule has 1 fully saturated rings. The van der Waals surface area contributed by atoms with Gasteiger partial charge in [-0.2, -0.15) is 0 Å². The van der Waals surface area contributed by atoms with E-state index in [2.05, 4.69) is 24.4 Å². The molecule has 0 saturated heterocycles. The lowest BCUT2D eigenvalue weighted by molar-refractivity contribution is -0.123. The van der Waals surface area contributed by atoms with E-state index in [-0.39, 0.29) is 30.4 Å². The first-order valence-corrected chi connectivity index (χ1v) is 7.30. The van der Waals surface area contributed by atoms with E-state index in [4.69, 9.17) is 5.73 Å². The van der Waals surface area contributed by atoms with Gasteiger partial charge in [0.2, 0.25) is 5.91 Å². The molecule has 4 heteroatoms. The van der Waals surface area contributed by atoms with Crippen LogP contribution in [0.15, 0.2) is 30.3 Å². The van der Waals surface area contributed by atoms with E-state index in [1.54, 1.807) is 0 Å². The first-order chi connectivity index (χ1) is 9.20. The van der Waals surface area contributed by atoms with Gasteiger partial charge in [0.25, 0.3) is 0 Å². The van der Waals surface area contributed by atoms with Crippen molar-refractivity contribution in [2.45, 2.75) is 51.1 Å². The SMILES string of the molecule is CCCC(N)C(=O)NC(Cc1ccccc1)C1CC1.Cl. The van der Waals surface area contributed by atoms with Crippen LogP contribution in [0.2, 0.25) is 0 Å². The van der Waals surface area contributed by atoms with E-state index < -0.39 is 0 Å². The lowest BCUT2D eigenvalue weighted by Gasteiger charge is -2.21.